The molecular weight excluding hydrogens is 370 g/mol. The summed E-state index contributed by atoms with van der Waals surface area (Å²) in [7, 11) is 1.23. The van der Waals surface area contributed by atoms with Crippen LogP contribution in [0.5, 0.6) is 5.75 Å². The Bertz CT molecular complexity index is 1060. The number of ketones is 1. The summed E-state index contributed by atoms with van der Waals surface area (Å²) in [5.74, 6) is -0.864. The summed E-state index contributed by atoms with van der Waals surface area (Å²) in [5.41, 5.74) is 0.646. The van der Waals surface area contributed by atoms with Gasteiger partial charge in [0.25, 0.3) is 0 Å². The van der Waals surface area contributed by atoms with E-state index in [2.05, 4.69) is 20.8 Å². The largest absolute Gasteiger partial charge is 0.508 e. The maximum Gasteiger partial charge on any atom is 0.355 e. The first-order chi connectivity index (χ1) is 13.1. The van der Waals surface area contributed by atoms with Crippen LogP contribution in [0.2, 0.25) is 0 Å². The number of anilines is 1. The first-order valence-corrected chi connectivity index (χ1v) is 8.72. The summed E-state index contributed by atoms with van der Waals surface area (Å²) >= 11 is 1.26. The summed E-state index contributed by atoms with van der Waals surface area (Å²) in [5, 5.41) is 25.9. The van der Waals surface area contributed by atoms with E-state index in [1.165, 1.54) is 35.3 Å². The minimum Gasteiger partial charge on any atom is -0.508 e. The van der Waals surface area contributed by atoms with Gasteiger partial charge in [-0.1, -0.05) is 23.3 Å². The molecule has 4 rings (SSSR count). The standard InChI is InChI=1S/C17H13N5O4S/c1-26-16(25)13-12(15(24)11-6-3-7-27-11)14(9-4-2-5-10(23)8-9)22-17(18-13)19-20-21-22/h2-8,14,23H,1H3,(H,18,19,21)/t14-/m0/s1. The monoisotopic (exact) mass is 383 g/mol. The molecule has 0 bridgehead atoms. The van der Waals surface area contributed by atoms with Crippen LogP contribution in [0.25, 0.3) is 0 Å². The molecule has 0 saturated carbocycles. The highest BCUT2D eigenvalue weighted by molar-refractivity contribution is 7.12. The number of allylic oxidation sites excluding steroid dienone is 1. The molecule has 9 nitrogen and oxygen atoms in total. The summed E-state index contributed by atoms with van der Waals surface area (Å²) in [6, 6.07) is 8.98. The van der Waals surface area contributed by atoms with E-state index in [1.54, 1.807) is 29.6 Å². The van der Waals surface area contributed by atoms with Gasteiger partial charge in [0.2, 0.25) is 11.7 Å². The van der Waals surface area contributed by atoms with Crippen LogP contribution in [0.4, 0.5) is 5.95 Å². The van der Waals surface area contributed by atoms with Crippen molar-refractivity contribution in [2.45, 2.75) is 6.04 Å². The summed E-state index contributed by atoms with van der Waals surface area (Å²) in [4.78, 5) is 26.1. The highest BCUT2D eigenvalue weighted by Gasteiger charge is 2.38. The van der Waals surface area contributed by atoms with Crippen molar-refractivity contribution < 1.29 is 19.4 Å². The normalized spacial score (nSPS) is 15.8. The maximum absolute atomic E-state index is 13.3. The van der Waals surface area contributed by atoms with Crippen LogP contribution >= 0.6 is 11.3 Å². The Kier molecular flexibility index (Phi) is 4.16. The number of aromatic nitrogens is 4. The second-order valence-electron chi connectivity index (χ2n) is 5.66. The molecule has 2 N–H and O–H groups in total. The Morgan fingerprint density at radius 3 is 2.85 bits per heavy atom. The van der Waals surface area contributed by atoms with Gasteiger partial charge in [-0.25, -0.2) is 4.79 Å². The summed E-state index contributed by atoms with van der Waals surface area (Å²) in [6.07, 6.45) is 0. The quantitative estimate of drug-likeness (QED) is 0.517. The van der Waals surface area contributed by atoms with Gasteiger partial charge in [0, 0.05) is 0 Å². The van der Waals surface area contributed by atoms with Crippen molar-refractivity contribution in [3.8, 4) is 5.75 Å². The number of hydrogen-bond donors (Lipinski definition) is 2. The molecular formula is C17H13N5O4S. The third-order valence-corrected chi connectivity index (χ3v) is 4.95. The SMILES string of the molecule is COC(=O)C1=C(C(=O)c2cccs2)[C@H](c2cccc(O)c2)n2nnnc2N1. The van der Waals surface area contributed by atoms with Crippen LogP contribution in [-0.2, 0) is 9.53 Å². The van der Waals surface area contributed by atoms with Crippen molar-refractivity contribution in [3.63, 3.8) is 0 Å². The van der Waals surface area contributed by atoms with Crippen molar-refractivity contribution in [2.75, 3.05) is 12.4 Å². The fourth-order valence-corrected chi connectivity index (χ4v) is 3.61. The first kappa shape index (κ1) is 16.9. The highest BCUT2D eigenvalue weighted by Crippen LogP contribution is 2.37. The molecule has 27 heavy (non-hydrogen) atoms. The summed E-state index contributed by atoms with van der Waals surface area (Å²) in [6.45, 7) is 0. The average molecular weight is 383 g/mol. The number of aromatic hydroxyl groups is 1. The summed E-state index contributed by atoms with van der Waals surface area (Å²) < 4.78 is 6.24. The van der Waals surface area contributed by atoms with Gasteiger partial charge in [-0.05, 0) is 39.6 Å². The maximum atomic E-state index is 13.3. The van der Waals surface area contributed by atoms with Crippen LogP contribution in [-0.4, -0.2) is 44.2 Å². The van der Waals surface area contributed by atoms with Gasteiger partial charge in [-0.3, -0.25) is 4.79 Å². The number of carbonyl (C=O) groups is 2. The van der Waals surface area contributed by atoms with Crippen molar-refractivity contribution >= 4 is 29.0 Å². The van der Waals surface area contributed by atoms with E-state index in [4.69, 9.17) is 4.74 Å². The van der Waals surface area contributed by atoms with E-state index in [0.717, 1.165) is 0 Å². The van der Waals surface area contributed by atoms with Gasteiger partial charge < -0.3 is 15.2 Å². The number of benzene rings is 1. The molecule has 2 aromatic heterocycles. The molecule has 3 heterocycles. The topological polar surface area (TPSA) is 119 Å². The number of phenols is 1. The van der Waals surface area contributed by atoms with E-state index in [-0.39, 0.29) is 28.8 Å². The molecule has 10 heteroatoms. The lowest BCUT2D eigenvalue weighted by atomic mass is 9.91. The van der Waals surface area contributed by atoms with Gasteiger partial charge in [-0.15, -0.1) is 11.3 Å². The molecule has 0 saturated heterocycles. The van der Waals surface area contributed by atoms with Gasteiger partial charge in [-0.2, -0.15) is 4.68 Å². The molecule has 0 radical (unpaired) electrons. The lowest BCUT2D eigenvalue weighted by Gasteiger charge is -2.27. The predicted molar refractivity (Wildman–Crippen MR) is 95.4 cm³/mol. The number of nitrogens with zero attached hydrogens (tertiary/aromatic N) is 4. The highest BCUT2D eigenvalue weighted by atomic mass is 32.1. The number of nitrogens with one attached hydrogen (secondary N) is 1. The third kappa shape index (κ3) is 2.85. The van der Waals surface area contributed by atoms with Gasteiger partial charge >= 0.3 is 5.97 Å². The fourth-order valence-electron chi connectivity index (χ4n) is 2.93. The number of rotatable bonds is 4. The molecule has 0 unspecified atom stereocenters. The molecule has 0 fully saturated rings. The number of tetrazole rings is 1. The molecule has 0 aliphatic carbocycles. The minimum absolute atomic E-state index is 0.0168. The van der Waals surface area contributed by atoms with Gasteiger partial charge in [0.15, 0.2) is 0 Å². The Morgan fingerprint density at radius 2 is 2.15 bits per heavy atom. The second kappa shape index (κ2) is 6.65. The number of ether oxygens (including phenoxy) is 1. The molecule has 0 amide bonds. The van der Waals surface area contributed by atoms with Crippen LogP contribution in [0.3, 0.4) is 0 Å². The van der Waals surface area contributed by atoms with E-state index in [0.29, 0.717) is 10.4 Å². The smallest absolute Gasteiger partial charge is 0.355 e. The van der Waals surface area contributed by atoms with Crippen molar-refractivity contribution in [1.29, 1.82) is 0 Å². The molecule has 1 aromatic carbocycles. The average Bonchev–Trinajstić information content (AvgIpc) is 3.36. The zero-order valence-corrected chi connectivity index (χ0v) is 14.8. The molecule has 1 aliphatic rings. The van der Waals surface area contributed by atoms with E-state index < -0.39 is 12.0 Å². The number of phenolic OH excluding ortho intramolecular Hbond substituents is 1. The van der Waals surface area contributed by atoms with Crippen molar-refractivity contribution in [3.05, 3.63) is 63.5 Å². The number of carbonyl (C=O) groups excluding carboxylic acids is 2. The first-order valence-electron chi connectivity index (χ1n) is 7.84. The number of methoxy groups -OCH3 is 1. The number of fused-ring (bicyclic) bond motifs is 1. The van der Waals surface area contributed by atoms with Crippen LogP contribution < -0.4 is 5.32 Å². The van der Waals surface area contributed by atoms with Crippen LogP contribution in [0, 0.1) is 0 Å². The van der Waals surface area contributed by atoms with E-state index in [9.17, 15) is 14.7 Å². The second-order valence-corrected chi connectivity index (χ2v) is 6.60. The van der Waals surface area contributed by atoms with E-state index >= 15 is 0 Å². The molecule has 1 atom stereocenters. The fraction of sp³-hybridized carbons (Fsp3) is 0.118. The Morgan fingerprint density at radius 1 is 1.30 bits per heavy atom. The Labute approximate surface area is 156 Å². The molecule has 0 spiro atoms. The predicted octanol–water partition coefficient (Wildman–Crippen LogP) is 1.77. The van der Waals surface area contributed by atoms with Crippen LogP contribution in [0.15, 0.2) is 53.0 Å². The van der Waals surface area contributed by atoms with E-state index in [1.807, 2.05) is 0 Å². The van der Waals surface area contributed by atoms with Crippen molar-refractivity contribution in [2.24, 2.45) is 0 Å². The molecule has 3 aromatic rings. The lowest BCUT2D eigenvalue weighted by Crippen LogP contribution is -2.32. The molecule has 1 aliphatic heterocycles. The lowest BCUT2D eigenvalue weighted by molar-refractivity contribution is -0.136. The zero-order chi connectivity index (χ0) is 19.0. The Balaban J connectivity index is 1.97. The minimum atomic E-state index is -0.813. The third-order valence-electron chi connectivity index (χ3n) is 4.08. The van der Waals surface area contributed by atoms with Gasteiger partial charge in [0.05, 0.1) is 17.6 Å². The van der Waals surface area contributed by atoms with Crippen LogP contribution in [0.1, 0.15) is 21.3 Å². The number of esters is 1. The molecule has 136 valence electrons. The number of thiophene rings is 1. The van der Waals surface area contributed by atoms with Gasteiger partial charge in [0.1, 0.15) is 17.5 Å². The number of Topliss-reactive ketones (excluding diaryl/α,β-unsaturated/α-hetero) is 1. The Hall–Kier alpha value is -3.53. The van der Waals surface area contributed by atoms with Crippen molar-refractivity contribution in [1.82, 2.24) is 20.2 Å². The number of hydrogen-bond acceptors (Lipinski definition) is 9. The zero-order valence-electron chi connectivity index (χ0n) is 14.0.